The molecular formula is C18H25FN2O3. The van der Waals surface area contributed by atoms with Crippen LogP contribution in [0.15, 0.2) is 18.2 Å². The summed E-state index contributed by atoms with van der Waals surface area (Å²) in [5.74, 6) is -0.318. The van der Waals surface area contributed by atoms with Gasteiger partial charge in [0.2, 0.25) is 0 Å². The third-order valence-corrected chi connectivity index (χ3v) is 4.31. The molecule has 0 aromatic heterocycles. The Labute approximate surface area is 142 Å². The summed E-state index contributed by atoms with van der Waals surface area (Å²) in [6.07, 6.45) is 0.228. The van der Waals surface area contributed by atoms with Crippen LogP contribution in [-0.2, 0) is 9.47 Å². The van der Waals surface area contributed by atoms with E-state index in [1.165, 1.54) is 11.0 Å². The smallest absolute Gasteiger partial charge is 0.414 e. The number of rotatable bonds is 3. The van der Waals surface area contributed by atoms with Crippen LogP contribution < -0.4 is 9.80 Å². The molecule has 0 spiro atoms. The summed E-state index contributed by atoms with van der Waals surface area (Å²) in [7, 11) is 0. The topological polar surface area (TPSA) is 42.0 Å². The zero-order chi connectivity index (χ0) is 17.3. The van der Waals surface area contributed by atoms with Crippen LogP contribution in [0.5, 0.6) is 0 Å². The number of amides is 1. The molecular weight excluding hydrogens is 311 g/mol. The van der Waals surface area contributed by atoms with E-state index in [1.54, 1.807) is 12.1 Å². The van der Waals surface area contributed by atoms with Gasteiger partial charge in [0.05, 0.1) is 31.1 Å². The SMILES string of the molecule is CC(C)(C)CC1CN(c2ccc(N3CCOCC3)c(F)c2)C(=O)O1. The molecule has 1 unspecified atom stereocenters. The maximum atomic E-state index is 14.5. The van der Waals surface area contributed by atoms with Gasteiger partial charge in [-0.3, -0.25) is 4.90 Å². The maximum absolute atomic E-state index is 14.5. The van der Waals surface area contributed by atoms with Crippen molar-refractivity contribution in [2.75, 3.05) is 42.6 Å². The number of carbonyl (C=O) groups is 1. The molecule has 0 N–H and O–H groups in total. The Morgan fingerprint density at radius 1 is 1.25 bits per heavy atom. The molecule has 2 saturated heterocycles. The molecule has 0 aliphatic carbocycles. The van der Waals surface area contributed by atoms with Crippen LogP contribution in [0.1, 0.15) is 27.2 Å². The number of benzene rings is 1. The first-order valence-electron chi connectivity index (χ1n) is 8.44. The number of ether oxygens (including phenoxy) is 2. The second-order valence-electron chi connectivity index (χ2n) is 7.62. The van der Waals surface area contributed by atoms with Crippen LogP contribution in [0.2, 0.25) is 0 Å². The molecule has 1 amide bonds. The molecule has 2 aliphatic heterocycles. The van der Waals surface area contributed by atoms with Crippen LogP contribution >= 0.6 is 0 Å². The Bertz CT molecular complexity index is 609. The van der Waals surface area contributed by atoms with E-state index in [-0.39, 0.29) is 17.3 Å². The molecule has 2 heterocycles. The van der Waals surface area contributed by atoms with Gasteiger partial charge in [0.25, 0.3) is 0 Å². The van der Waals surface area contributed by atoms with E-state index >= 15 is 0 Å². The van der Waals surface area contributed by atoms with E-state index in [0.717, 1.165) is 6.42 Å². The van der Waals surface area contributed by atoms with Crippen LogP contribution in [0.25, 0.3) is 0 Å². The minimum absolute atomic E-state index is 0.0758. The largest absolute Gasteiger partial charge is 0.444 e. The Morgan fingerprint density at radius 3 is 2.58 bits per heavy atom. The first kappa shape index (κ1) is 17.0. The third-order valence-electron chi connectivity index (χ3n) is 4.31. The van der Waals surface area contributed by atoms with Crippen LogP contribution in [-0.4, -0.2) is 45.0 Å². The lowest BCUT2D eigenvalue weighted by atomic mass is 9.89. The highest BCUT2D eigenvalue weighted by Crippen LogP contribution is 2.31. The number of anilines is 2. The predicted octanol–water partition coefficient (Wildman–Crippen LogP) is 3.42. The van der Waals surface area contributed by atoms with E-state index in [4.69, 9.17) is 9.47 Å². The van der Waals surface area contributed by atoms with Crippen molar-refractivity contribution in [2.24, 2.45) is 5.41 Å². The Hall–Kier alpha value is -1.82. The van der Waals surface area contributed by atoms with Crippen molar-refractivity contribution in [3.8, 4) is 0 Å². The van der Waals surface area contributed by atoms with Crippen LogP contribution in [0.3, 0.4) is 0 Å². The number of halogens is 1. The number of hydrogen-bond acceptors (Lipinski definition) is 4. The lowest BCUT2D eigenvalue weighted by molar-refractivity contribution is 0.114. The summed E-state index contributed by atoms with van der Waals surface area (Å²) in [6.45, 7) is 9.36. The molecule has 0 saturated carbocycles. The van der Waals surface area contributed by atoms with Gasteiger partial charge in [0, 0.05) is 13.1 Å². The van der Waals surface area contributed by atoms with Crippen LogP contribution in [0.4, 0.5) is 20.6 Å². The van der Waals surface area contributed by atoms with Crippen molar-refractivity contribution < 1.29 is 18.7 Å². The van der Waals surface area contributed by atoms with Crippen molar-refractivity contribution >= 4 is 17.5 Å². The highest BCUT2D eigenvalue weighted by molar-refractivity contribution is 5.90. The maximum Gasteiger partial charge on any atom is 0.414 e. The monoisotopic (exact) mass is 336 g/mol. The molecule has 2 fully saturated rings. The minimum atomic E-state index is -0.400. The summed E-state index contributed by atoms with van der Waals surface area (Å²) in [4.78, 5) is 15.6. The Morgan fingerprint density at radius 2 is 1.96 bits per heavy atom. The quantitative estimate of drug-likeness (QED) is 0.848. The summed E-state index contributed by atoms with van der Waals surface area (Å²) < 4.78 is 25.2. The molecule has 3 rings (SSSR count). The second-order valence-corrected chi connectivity index (χ2v) is 7.62. The average Bonchev–Trinajstić information content (AvgIpc) is 2.86. The first-order chi connectivity index (χ1) is 11.3. The van der Waals surface area contributed by atoms with Gasteiger partial charge in [0.1, 0.15) is 11.9 Å². The number of carbonyl (C=O) groups excluding carboxylic acids is 1. The summed E-state index contributed by atoms with van der Waals surface area (Å²) in [6, 6.07) is 4.94. The van der Waals surface area contributed by atoms with Gasteiger partial charge in [-0.25, -0.2) is 9.18 Å². The van der Waals surface area contributed by atoms with Gasteiger partial charge < -0.3 is 14.4 Å². The van der Waals surface area contributed by atoms with Crippen molar-refractivity contribution in [2.45, 2.75) is 33.3 Å². The lowest BCUT2D eigenvalue weighted by Gasteiger charge is -2.29. The van der Waals surface area contributed by atoms with E-state index < -0.39 is 6.09 Å². The zero-order valence-corrected chi connectivity index (χ0v) is 14.5. The molecule has 5 nitrogen and oxygen atoms in total. The zero-order valence-electron chi connectivity index (χ0n) is 14.5. The highest BCUT2D eigenvalue weighted by atomic mass is 19.1. The Balaban J connectivity index is 1.73. The van der Waals surface area contributed by atoms with Crippen molar-refractivity contribution in [3.63, 3.8) is 0 Å². The average molecular weight is 336 g/mol. The van der Waals surface area contributed by atoms with Gasteiger partial charge in [-0.2, -0.15) is 0 Å². The molecule has 0 bridgehead atoms. The van der Waals surface area contributed by atoms with Crippen molar-refractivity contribution in [1.29, 1.82) is 0 Å². The van der Waals surface area contributed by atoms with Crippen molar-refractivity contribution in [1.82, 2.24) is 0 Å². The summed E-state index contributed by atoms with van der Waals surface area (Å²) in [5, 5.41) is 0. The fraction of sp³-hybridized carbons (Fsp3) is 0.611. The Kier molecular flexibility index (Phi) is 4.67. The molecule has 1 atom stereocenters. The molecule has 132 valence electrons. The van der Waals surface area contributed by atoms with E-state index in [9.17, 15) is 9.18 Å². The molecule has 24 heavy (non-hydrogen) atoms. The highest BCUT2D eigenvalue weighted by Gasteiger charge is 2.35. The summed E-state index contributed by atoms with van der Waals surface area (Å²) >= 11 is 0. The molecule has 2 aliphatic rings. The molecule has 1 aromatic carbocycles. The molecule has 0 radical (unpaired) electrons. The van der Waals surface area contributed by atoms with Gasteiger partial charge in [0.15, 0.2) is 0 Å². The lowest BCUT2D eigenvalue weighted by Crippen LogP contribution is -2.36. The standard InChI is InChI=1S/C18H25FN2O3/c1-18(2,3)11-14-12-21(17(22)24-14)13-4-5-16(15(19)10-13)20-6-8-23-9-7-20/h4-5,10,14H,6-9,11-12H2,1-3H3. The number of nitrogens with zero attached hydrogens (tertiary/aromatic N) is 2. The van der Waals surface area contributed by atoms with E-state index in [1.807, 2.05) is 4.90 Å². The predicted molar refractivity (Wildman–Crippen MR) is 91.1 cm³/mol. The van der Waals surface area contributed by atoms with E-state index in [0.29, 0.717) is 44.2 Å². The molecule has 6 heteroatoms. The fourth-order valence-electron chi connectivity index (χ4n) is 3.25. The third kappa shape index (κ3) is 3.80. The molecule has 1 aromatic rings. The number of cyclic esters (lactones) is 1. The van der Waals surface area contributed by atoms with Crippen molar-refractivity contribution in [3.05, 3.63) is 24.0 Å². The van der Waals surface area contributed by atoms with Gasteiger partial charge in [-0.15, -0.1) is 0 Å². The van der Waals surface area contributed by atoms with Crippen LogP contribution in [0, 0.1) is 11.2 Å². The van der Waals surface area contributed by atoms with Gasteiger partial charge >= 0.3 is 6.09 Å². The minimum Gasteiger partial charge on any atom is -0.444 e. The number of hydrogen-bond donors (Lipinski definition) is 0. The van der Waals surface area contributed by atoms with E-state index in [2.05, 4.69) is 20.8 Å². The number of morpholine rings is 1. The van der Waals surface area contributed by atoms with Gasteiger partial charge in [-0.1, -0.05) is 20.8 Å². The second kappa shape index (κ2) is 6.59. The first-order valence-corrected chi connectivity index (χ1v) is 8.44. The fourth-order valence-corrected chi connectivity index (χ4v) is 3.25. The summed E-state index contributed by atoms with van der Waals surface area (Å²) in [5.41, 5.74) is 1.18. The van der Waals surface area contributed by atoms with Gasteiger partial charge in [-0.05, 0) is 30.0 Å². The normalized spacial score (nSPS) is 22.0.